The minimum absolute atomic E-state index is 0.00184. The Bertz CT molecular complexity index is 1190. The molecular weight excluding hydrogens is 434 g/mol. The average Bonchev–Trinajstić information content (AvgIpc) is 3.03. The SMILES string of the molecule is CC#C[C@]1(O)[C@H](C)C[C@H]2[C@@H]3CCC4=CC(=O)CCC4=C3[C@@H](c3ccc(C(=O)N(C)C)cc3)C[C@@]21C. The fourth-order valence-electron chi connectivity index (χ4n) is 7.87. The van der Waals surface area contributed by atoms with Gasteiger partial charge >= 0.3 is 0 Å². The lowest BCUT2D eigenvalue weighted by Gasteiger charge is -2.54. The van der Waals surface area contributed by atoms with Gasteiger partial charge in [-0.05, 0) is 91.7 Å². The number of aliphatic hydroxyl groups is 1. The van der Waals surface area contributed by atoms with Gasteiger partial charge in [-0.15, -0.1) is 5.92 Å². The van der Waals surface area contributed by atoms with Gasteiger partial charge in [-0.25, -0.2) is 0 Å². The van der Waals surface area contributed by atoms with Crippen molar-refractivity contribution in [3.63, 3.8) is 0 Å². The molecule has 1 aromatic rings. The minimum atomic E-state index is -1.01. The summed E-state index contributed by atoms with van der Waals surface area (Å²) in [6.07, 6.45) is 7.06. The highest BCUT2D eigenvalue weighted by Crippen LogP contribution is 2.67. The summed E-state index contributed by atoms with van der Waals surface area (Å²) in [7, 11) is 3.54. The van der Waals surface area contributed by atoms with E-state index >= 15 is 0 Å². The number of benzene rings is 1. The Morgan fingerprint density at radius 1 is 1.14 bits per heavy atom. The second kappa shape index (κ2) is 8.49. The highest BCUT2D eigenvalue weighted by atomic mass is 16.3. The predicted octanol–water partition coefficient (Wildman–Crippen LogP) is 5.29. The van der Waals surface area contributed by atoms with Gasteiger partial charge in [0.15, 0.2) is 5.78 Å². The molecule has 0 unspecified atom stereocenters. The van der Waals surface area contributed by atoms with E-state index in [1.165, 1.54) is 22.3 Å². The lowest BCUT2D eigenvalue weighted by molar-refractivity contribution is -0.114. The number of carbonyl (C=O) groups is 2. The van der Waals surface area contributed by atoms with E-state index in [1.54, 1.807) is 19.0 Å². The number of carbonyl (C=O) groups excluding carboxylic acids is 2. The average molecular weight is 472 g/mol. The first-order chi connectivity index (χ1) is 16.6. The molecule has 0 radical (unpaired) electrons. The molecule has 35 heavy (non-hydrogen) atoms. The van der Waals surface area contributed by atoms with Crippen molar-refractivity contribution in [1.82, 2.24) is 4.90 Å². The first-order valence-electron chi connectivity index (χ1n) is 13.0. The van der Waals surface area contributed by atoms with Crippen LogP contribution in [0.4, 0.5) is 0 Å². The van der Waals surface area contributed by atoms with Crippen LogP contribution in [0.1, 0.15) is 81.1 Å². The zero-order valence-electron chi connectivity index (χ0n) is 21.6. The number of hydrogen-bond donors (Lipinski definition) is 1. The normalized spacial score (nSPS) is 35.8. The van der Waals surface area contributed by atoms with Gasteiger partial charge < -0.3 is 10.0 Å². The Morgan fingerprint density at radius 2 is 1.86 bits per heavy atom. The van der Waals surface area contributed by atoms with Gasteiger partial charge in [0.2, 0.25) is 0 Å². The summed E-state index contributed by atoms with van der Waals surface area (Å²) in [6.45, 7) is 6.25. The molecule has 0 heterocycles. The summed E-state index contributed by atoms with van der Waals surface area (Å²) in [4.78, 5) is 26.3. The van der Waals surface area contributed by atoms with Gasteiger partial charge in [0.1, 0.15) is 5.60 Å². The quantitative estimate of drug-likeness (QED) is 0.597. The van der Waals surface area contributed by atoms with E-state index in [-0.39, 0.29) is 28.9 Å². The highest BCUT2D eigenvalue weighted by molar-refractivity contribution is 5.94. The summed E-state index contributed by atoms with van der Waals surface area (Å²) >= 11 is 0. The van der Waals surface area contributed by atoms with Crippen molar-refractivity contribution >= 4 is 11.7 Å². The topological polar surface area (TPSA) is 57.6 Å². The lowest BCUT2D eigenvalue weighted by Crippen LogP contribution is -2.52. The maximum Gasteiger partial charge on any atom is 0.253 e. The van der Waals surface area contributed by atoms with Gasteiger partial charge in [0.05, 0.1) is 0 Å². The van der Waals surface area contributed by atoms with Crippen molar-refractivity contribution in [2.24, 2.45) is 23.2 Å². The van der Waals surface area contributed by atoms with E-state index < -0.39 is 5.60 Å². The Labute approximate surface area is 209 Å². The second-order valence-electron chi connectivity index (χ2n) is 11.6. The summed E-state index contributed by atoms with van der Waals surface area (Å²) < 4.78 is 0. The number of allylic oxidation sites excluding steroid dienone is 4. The summed E-state index contributed by atoms with van der Waals surface area (Å²) in [6, 6.07) is 8.08. The molecule has 0 aliphatic heterocycles. The van der Waals surface area contributed by atoms with Crippen molar-refractivity contribution < 1.29 is 14.7 Å². The number of hydrogen-bond acceptors (Lipinski definition) is 3. The molecule has 1 aromatic carbocycles. The van der Waals surface area contributed by atoms with E-state index in [9.17, 15) is 14.7 Å². The lowest BCUT2D eigenvalue weighted by atomic mass is 9.51. The van der Waals surface area contributed by atoms with Crippen LogP contribution in [0.5, 0.6) is 0 Å². The van der Waals surface area contributed by atoms with Crippen LogP contribution in [0.2, 0.25) is 0 Å². The Hall–Kier alpha value is -2.64. The summed E-state index contributed by atoms with van der Waals surface area (Å²) in [5.74, 6) is 7.56. The molecule has 1 amide bonds. The van der Waals surface area contributed by atoms with Crippen LogP contribution in [0.3, 0.4) is 0 Å². The van der Waals surface area contributed by atoms with Crippen LogP contribution in [-0.4, -0.2) is 41.4 Å². The Balaban J connectivity index is 1.66. The fraction of sp³-hybridized carbons (Fsp3) is 0.548. The highest BCUT2D eigenvalue weighted by Gasteiger charge is 2.65. The molecular formula is C31H37NO3. The molecule has 4 aliphatic carbocycles. The molecule has 0 aromatic heterocycles. The third-order valence-electron chi connectivity index (χ3n) is 9.60. The zero-order chi connectivity index (χ0) is 25.1. The van der Waals surface area contributed by atoms with Gasteiger partial charge in [-0.2, -0.15) is 0 Å². The third kappa shape index (κ3) is 3.54. The number of fused-ring (bicyclic) bond motifs is 4. The largest absolute Gasteiger partial charge is 0.377 e. The third-order valence-corrected chi connectivity index (χ3v) is 9.60. The van der Waals surface area contributed by atoms with Crippen molar-refractivity contribution in [2.45, 2.75) is 70.8 Å². The standard InChI is InChI=1S/C31H37NO3/c1-6-15-31(35)19(2)16-27-25-13-11-22-17-23(33)12-14-24(22)28(25)26(18-30(27,31)3)20-7-9-21(10-8-20)29(34)32(4)5/h7-10,17,19,25-27,35H,11-14,16,18H2,1-5H3/t19-,25+,26-,27+,30+,31+/m1/s1. The summed E-state index contributed by atoms with van der Waals surface area (Å²) in [5, 5.41) is 12.0. The van der Waals surface area contributed by atoms with Gasteiger partial charge in [0, 0.05) is 37.4 Å². The monoisotopic (exact) mass is 471 g/mol. The Morgan fingerprint density at radius 3 is 2.51 bits per heavy atom. The van der Waals surface area contributed by atoms with Crippen LogP contribution in [0, 0.1) is 35.0 Å². The molecule has 2 fully saturated rings. The van der Waals surface area contributed by atoms with E-state index in [2.05, 4.69) is 37.8 Å². The molecule has 0 bridgehead atoms. The van der Waals surface area contributed by atoms with E-state index in [4.69, 9.17) is 0 Å². The first kappa shape index (κ1) is 24.1. The van der Waals surface area contributed by atoms with Crippen molar-refractivity contribution in [3.8, 4) is 11.8 Å². The first-order valence-corrected chi connectivity index (χ1v) is 13.0. The maximum absolute atomic E-state index is 12.5. The number of rotatable bonds is 2. The molecule has 4 heteroatoms. The minimum Gasteiger partial charge on any atom is -0.377 e. The molecule has 0 spiro atoms. The van der Waals surface area contributed by atoms with E-state index in [0.717, 1.165) is 32.1 Å². The smallest absolute Gasteiger partial charge is 0.253 e. The van der Waals surface area contributed by atoms with Gasteiger partial charge in [0.25, 0.3) is 5.91 Å². The van der Waals surface area contributed by atoms with Crippen LogP contribution in [-0.2, 0) is 4.79 Å². The number of nitrogens with zero attached hydrogens (tertiary/aromatic N) is 1. The molecule has 1 N–H and O–H groups in total. The molecule has 6 atom stereocenters. The maximum atomic E-state index is 12.5. The zero-order valence-corrected chi connectivity index (χ0v) is 21.6. The molecule has 4 nitrogen and oxygen atoms in total. The second-order valence-corrected chi connectivity index (χ2v) is 11.6. The molecule has 2 saturated carbocycles. The predicted molar refractivity (Wildman–Crippen MR) is 138 cm³/mol. The van der Waals surface area contributed by atoms with Crippen LogP contribution < -0.4 is 0 Å². The van der Waals surface area contributed by atoms with Crippen molar-refractivity contribution in [1.29, 1.82) is 0 Å². The van der Waals surface area contributed by atoms with E-state index in [0.29, 0.717) is 23.8 Å². The van der Waals surface area contributed by atoms with Crippen LogP contribution >= 0.6 is 0 Å². The molecule has 4 aliphatic rings. The summed E-state index contributed by atoms with van der Waals surface area (Å²) in [5.41, 5.74) is 4.66. The van der Waals surface area contributed by atoms with Crippen LogP contribution in [0.25, 0.3) is 0 Å². The Kier molecular flexibility index (Phi) is 5.84. The van der Waals surface area contributed by atoms with Crippen LogP contribution in [0.15, 0.2) is 47.1 Å². The van der Waals surface area contributed by atoms with Gasteiger partial charge in [-0.1, -0.05) is 37.5 Å². The van der Waals surface area contributed by atoms with E-state index in [1.807, 2.05) is 25.1 Å². The molecule has 5 rings (SSSR count). The fourth-order valence-corrected chi connectivity index (χ4v) is 7.87. The number of amides is 1. The number of ketones is 1. The van der Waals surface area contributed by atoms with Crippen molar-refractivity contribution in [3.05, 3.63) is 58.2 Å². The molecule has 184 valence electrons. The molecule has 0 saturated heterocycles. The van der Waals surface area contributed by atoms with Gasteiger partial charge in [-0.3, -0.25) is 9.59 Å². The van der Waals surface area contributed by atoms with Crippen molar-refractivity contribution in [2.75, 3.05) is 14.1 Å².